The van der Waals surface area contributed by atoms with Crippen molar-refractivity contribution in [3.05, 3.63) is 124 Å². The van der Waals surface area contributed by atoms with E-state index in [-0.39, 0.29) is 29.8 Å². The van der Waals surface area contributed by atoms with Gasteiger partial charge in [-0.1, -0.05) is 84.2 Å². The third-order valence-electron chi connectivity index (χ3n) is 7.86. The predicted octanol–water partition coefficient (Wildman–Crippen LogP) is 7.77. The molecule has 0 radical (unpaired) electrons. The Morgan fingerprint density at radius 1 is 0.872 bits per heavy atom. The van der Waals surface area contributed by atoms with E-state index in [2.05, 4.69) is 5.32 Å². The summed E-state index contributed by atoms with van der Waals surface area (Å²) in [5, 5.41) is 3.69. The van der Waals surface area contributed by atoms with Crippen LogP contribution in [0.2, 0.25) is 10.0 Å². The Morgan fingerprint density at radius 3 is 2.13 bits per heavy atom. The molecule has 2 unspecified atom stereocenters. The maximum absolute atomic E-state index is 14.6. The summed E-state index contributed by atoms with van der Waals surface area (Å²) in [5.74, 6) is -0.893. The third kappa shape index (κ3) is 9.54. The summed E-state index contributed by atoms with van der Waals surface area (Å²) in [6, 6.07) is 26.8. The van der Waals surface area contributed by atoms with E-state index in [1.165, 1.54) is 28.8 Å². The first kappa shape index (κ1) is 36.3. The number of amides is 2. The molecular formula is C36H39Cl2N3O4S2. The highest BCUT2D eigenvalue weighted by Crippen LogP contribution is 2.28. The summed E-state index contributed by atoms with van der Waals surface area (Å²) in [7, 11) is -4.20. The number of carbonyl (C=O) groups is 2. The normalized spacial score (nSPS) is 12.6. The third-order valence-corrected chi connectivity index (χ3v) is 11.1. The summed E-state index contributed by atoms with van der Waals surface area (Å²) in [4.78, 5) is 31.0. The standard InChI is InChI=1S/C36H39Cl2N3O4S2/c1-5-26(3)39-36(43)34(22-27-9-7-6-8-10-27)40(23-28-13-20-32(37)33(38)21-28)35(42)24-41(29-14-11-25(2)12-15-29)47(44,45)31-18-16-30(46-4)17-19-31/h6-21,26,34H,5,22-24H2,1-4H3,(H,39,43). The van der Waals surface area contributed by atoms with Crippen LogP contribution in [0.5, 0.6) is 0 Å². The topological polar surface area (TPSA) is 86.8 Å². The highest BCUT2D eigenvalue weighted by molar-refractivity contribution is 7.98. The molecule has 0 bridgehead atoms. The molecule has 0 saturated heterocycles. The van der Waals surface area contributed by atoms with Gasteiger partial charge in [0.15, 0.2) is 0 Å². The van der Waals surface area contributed by atoms with Crippen molar-refractivity contribution in [2.45, 2.75) is 62.0 Å². The molecule has 4 aromatic carbocycles. The van der Waals surface area contributed by atoms with Gasteiger partial charge in [-0.25, -0.2) is 8.42 Å². The molecule has 7 nitrogen and oxygen atoms in total. The van der Waals surface area contributed by atoms with Crippen molar-refractivity contribution in [2.75, 3.05) is 17.1 Å². The second-order valence-corrected chi connectivity index (χ2v) is 14.9. The van der Waals surface area contributed by atoms with Gasteiger partial charge in [0, 0.05) is 23.9 Å². The van der Waals surface area contributed by atoms with Crippen LogP contribution in [0.3, 0.4) is 0 Å². The first-order chi connectivity index (χ1) is 22.4. The predicted molar refractivity (Wildman–Crippen MR) is 193 cm³/mol. The van der Waals surface area contributed by atoms with E-state index in [9.17, 15) is 18.0 Å². The van der Waals surface area contributed by atoms with Crippen LogP contribution >= 0.6 is 35.0 Å². The summed E-state index contributed by atoms with van der Waals surface area (Å²) in [5.41, 5.74) is 2.75. The molecule has 0 heterocycles. The summed E-state index contributed by atoms with van der Waals surface area (Å²) in [6.07, 6.45) is 2.81. The van der Waals surface area contributed by atoms with E-state index < -0.39 is 28.5 Å². The number of nitrogens with zero attached hydrogens (tertiary/aromatic N) is 2. The first-order valence-electron chi connectivity index (χ1n) is 15.2. The van der Waals surface area contributed by atoms with Crippen molar-refractivity contribution in [1.29, 1.82) is 0 Å². The van der Waals surface area contributed by atoms with Crippen molar-refractivity contribution >= 4 is 62.5 Å². The Bertz CT molecular complexity index is 1770. The average Bonchev–Trinajstić information content (AvgIpc) is 3.07. The fourth-order valence-electron chi connectivity index (χ4n) is 4.94. The maximum atomic E-state index is 14.6. The van der Waals surface area contributed by atoms with Crippen LogP contribution in [0.4, 0.5) is 5.69 Å². The SMILES string of the molecule is CCC(C)NC(=O)C(Cc1ccccc1)N(Cc1ccc(Cl)c(Cl)c1)C(=O)CN(c1ccc(C)cc1)S(=O)(=O)c1ccc(SC)cc1. The summed E-state index contributed by atoms with van der Waals surface area (Å²) < 4.78 is 29.6. The van der Waals surface area contributed by atoms with Crippen molar-refractivity contribution in [2.24, 2.45) is 0 Å². The minimum Gasteiger partial charge on any atom is -0.352 e. The van der Waals surface area contributed by atoms with Gasteiger partial charge in [0.2, 0.25) is 11.8 Å². The number of hydrogen-bond donors (Lipinski definition) is 1. The van der Waals surface area contributed by atoms with E-state index in [1.54, 1.807) is 54.6 Å². The van der Waals surface area contributed by atoms with Crippen LogP contribution in [-0.4, -0.2) is 50.0 Å². The molecule has 0 spiro atoms. The van der Waals surface area contributed by atoms with Crippen molar-refractivity contribution < 1.29 is 18.0 Å². The molecule has 47 heavy (non-hydrogen) atoms. The Kier molecular flexibility index (Phi) is 12.8. The lowest BCUT2D eigenvalue weighted by molar-refractivity contribution is -0.140. The molecule has 4 aromatic rings. The van der Waals surface area contributed by atoms with Gasteiger partial charge in [0.05, 0.1) is 20.6 Å². The second-order valence-electron chi connectivity index (χ2n) is 11.3. The fourth-order valence-corrected chi connectivity index (χ4v) is 7.09. The van der Waals surface area contributed by atoms with Crippen molar-refractivity contribution in [1.82, 2.24) is 10.2 Å². The highest BCUT2D eigenvalue weighted by atomic mass is 35.5. The van der Waals surface area contributed by atoms with Gasteiger partial charge in [-0.3, -0.25) is 13.9 Å². The minimum atomic E-state index is -4.20. The number of rotatable bonds is 14. The maximum Gasteiger partial charge on any atom is 0.264 e. The Balaban J connectivity index is 1.82. The van der Waals surface area contributed by atoms with Gasteiger partial charge in [-0.15, -0.1) is 11.8 Å². The Morgan fingerprint density at radius 2 is 1.53 bits per heavy atom. The molecule has 0 fully saturated rings. The van der Waals surface area contributed by atoms with Crippen molar-refractivity contribution in [3.8, 4) is 0 Å². The number of carbonyl (C=O) groups excluding carboxylic acids is 2. The quantitative estimate of drug-likeness (QED) is 0.135. The highest BCUT2D eigenvalue weighted by Gasteiger charge is 2.35. The fraction of sp³-hybridized carbons (Fsp3) is 0.278. The second kappa shape index (κ2) is 16.6. The number of anilines is 1. The molecule has 0 aromatic heterocycles. The molecule has 4 rings (SSSR count). The van der Waals surface area contributed by atoms with Gasteiger partial charge in [0.25, 0.3) is 10.0 Å². The zero-order chi connectivity index (χ0) is 34.1. The molecule has 248 valence electrons. The lowest BCUT2D eigenvalue weighted by Crippen LogP contribution is -2.54. The molecule has 2 atom stereocenters. The van der Waals surface area contributed by atoms with Gasteiger partial charge in [-0.2, -0.15) is 0 Å². The monoisotopic (exact) mass is 711 g/mol. The van der Waals surface area contributed by atoms with Gasteiger partial charge < -0.3 is 10.2 Å². The average molecular weight is 713 g/mol. The number of halogens is 2. The van der Waals surface area contributed by atoms with Gasteiger partial charge >= 0.3 is 0 Å². The van der Waals surface area contributed by atoms with Crippen LogP contribution in [-0.2, 0) is 32.6 Å². The number of nitrogens with one attached hydrogen (secondary N) is 1. The lowest BCUT2D eigenvalue weighted by Gasteiger charge is -2.34. The van der Waals surface area contributed by atoms with E-state index in [4.69, 9.17) is 23.2 Å². The lowest BCUT2D eigenvalue weighted by atomic mass is 10.0. The number of thioether (sulfide) groups is 1. The van der Waals surface area contributed by atoms with Crippen molar-refractivity contribution in [3.63, 3.8) is 0 Å². The Labute approximate surface area is 292 Å². The number of hydrogen-bond acceptors (Lipinski definition) is 5. The first-order valence-corrected chi connectivity index (χ1v) is 18.7. The van der Waals surface area contributed by atoms with Crippen LogP contribution in [0.15, 0.2) is 107 Å². The van der Waals surface area contributed by atoms with Gasteiger partial charge in [-0.05, 0) is 86.2 Å². The largest absolute Gasteiger partial charge is 0.352 e. The molecule has 2 amide bonds. The molecule has 0 aliphatic carbocycles. The number of aryl methyl sites for hydroxylation is 1. The molecule has 0 aliphatic heterocycles. The number of benzene rings is 4. The van der Waals surface area contributed by atoms with Crippen LogP contribution in [0, 0.1) is 6.92 Å². The molecule has 0 aliphatic rings. The molecule has 0 saturated carbocycles. The van der Waals surface area contributed by atoms with Crippen LogP contribution in [0.1, 0.15) is 37.0 Å². The van der Waals surface area contributed by atoms with E-state index in [0.29, 0.717) is 27.7 Å². The molecule has 1 N–H and O–H groups in total. The van der Waals surface area contributed by atoms with Crippen LogP contribution in [0.25, 0.3) is 0 Å². The van der Waals surface area contributed by atoms with E-state index >= 15 is 0 Å². The Hall–Kier alpha value is -3.50. The zero-order valence-electron chi connectivity index (χ0n) is 26.8. The number of sulfonamides is 1. The molecule has 11 heteroatoms. The minimum absolute atomic E-state index is 0.00858. The van der Waals surface area contributed by atoms with E-state index in [1.807, 2.05) is 57.4 Å². The summed E-state index contributed by atoms with van der Waals surface area (Å²) in [6.45, 7) is 5.21. The van der Waals surface area contributed by atoms with Crippen LogP contribution < -0.4 is 9.62 Å². The van der Waals surface area contributed by atoms with E-state index in [0.717, 1.165) is 20.3 Å². The smallest absolute Gasteiger partial charge is 0.264 e. The molecular weight excluding hydrogens is 673 g/mol. The zero-order valence-corrected chi connectivity index (χ0v) is 30.0. The summed E-state index contributed by atoms with van der Waals surface area (Å²) >= 11 is 14.1. The van der Waals surface area contributed by atoms with Gasteiger partial charge in [0.1, 0.15) is 12.6 Å².